The van der Waals surface area contributed by atoms with Crippen LogP contribution in [0.4, 0.5) is 0 Å². The Morgan fingerprint density at radius 3 is 2.29 bits per heavy atom. The lowest BCUT2D eigenvalue weighted by atomic mass is 9.72. The maximum atomic E-state index is 13.9. The van der Waals surface area contributed by atoms with Gasteiger partial charge in [-0.25, -0.2) is 14.8 Å². The van der Waals surface area contributed by atoms with Gasteiger partial charge in [-0.15, -0.1) is 0 Å². The second-order valence-corrected chi connectivity index (χ2v) is 14.6. The van der Waals surface area contributed by atoms with Crippen molar-refractivity contribution in [3.05, 3.63) is 52.4 Å². The second-order valence-electron chi connectivity index (χ2n) is 14.6. The molecule has 1 amide bonds. The van der Waals surface area contributed by atoms with E-state index in [4.69, 9.17) is 9.40 Å². The highest BCUT2D eigenvalue weighted by Gasteiger charge is 2.41. The molecule has 1 aliphatic heterocycles. The maximum Gasteiger partial charge on any atom is 0.356 e. The Kier molecular flexibility index (Phi) is 7.27. The SMILES string of the molecule is Cc1nc(C(=O)O)cnc1C1CCN(C(=O)c2cc3nc(C4CCC(C)(C)CC4)cc(C(C)(C)C)c3o2)C(C)(C)C1. The van der Waals surface area contributed by atoms with Gasteiger partial charge in [0.1, 0.15) is 5.52 Å². The van der Waals surface area contributed by atoms with E-state index in [1.807, 2.05) is 11.0 Å². The predicted octanol–water partition coefficient (Wildman–Crippen LogP) is 7.40. The van der Waals surface area contributed by atoms with Crippen LogP contribution in [0.3, 0.4) is 0 Å². The van der Waals surface area contributed by atoms with E-state index >= 15 is 0 Å². The molecule has 2 fully saturated rings. The molecule has 8 nitrogen and oxygen atoms in total. The van der Waals surface area contributed by atoms with E-state index in [0.29, 0.717) is 47.8 Å². The van der Waals surface area contributed by atoms with Crippen molar-refractivity contribution in [2.75, 3.05) is 6.54 Å². The van der Waals surface area contributed by atoms with Crippen molar-refractivity contribution in [3.63, 3.8) is 0 Å². The summed E-state index contributed by atoms with van der Waals surface area (Å²) in [5.74, 6) is -0.379. The van der Waals surface area contributed by atoms with Gasteiger partial charge in [0.15, 0.2) is 17.0 Å². The molecule has 41 heavy (non-hydrogen) atoms. The third-order valence-corrected chi connectivity index (χ3v) is 9.29. The molecule has 220 valence electrons. The first kappa shape index (κ1) is 29.2. The summed E-state index contributed by atoms with van der Waals surface area (Å²) >= 11 is 0. The minimum absolute atomic E-state index is 0.0540. The monoisotopic (exact) mass is 560 g/mol. The highest BCUT2D eigenvalue weighted by atomic mass is 16.4. The van der Waals surface area contributed by atoms with Crippen LogP contribution in [0.15, 0.2) is 22.7 Å². The first-order valence-corrected chi connectivity index (χ1v) is 14.9. The van der Waals surface area contributed by atoms with Crippen molar-refractivity contribution >= 4 is 23.0 Å². The van der Waals surface area contributed by atoms with E-state index in [0.717, 1.165) is 35.3 Å². The molecule has 1 saturated heterocycles. The fourth-order valence-corrected chi connectivity index (χ4v) is 6.75. The summed E-state index contributed by atoms with van der Waals surface area (Å²) in [4.78, 5) is 40.9. The predicted molar refractivity (Wildman–Crippen MR) is 159 cm³/mol. The van der Waals surface area contributed by atoms with Gasteiger partial charge in [-0.3, -0.25) is 9.78 Å². The zero-order chi connectivity index (χ0) is 29.9. The molecule has 8 heteroatoms. The Labute approximate surface area is 243 Å². The molecule has 1 N–H and O–H groups in total. The Balaban J connectivity index is 1.42. The number of amides is 1. The minimum Gasteiger partial charge on any atom is -0.476 e. The molecule has 1 aliphatic carbocycles. The van der Waals surface area contributed by atoms with E-state index in [1.54, 1.807) is 6.92 Å². The molecule has 1 saturated carbocycles. The summed E-state index contributed by atoms with van der Waals surface area (Å²) < 4.78 is 6.34. The van der Waals surface area contributed by atoms with E-state index in [-0.39, 0.29) is 22.9 Å². The highest BCUT2D eigenvalue weighted by molar-refractivity contribution is 5.96. The van der Waals surface area contributed by atoms with Crippen LogP contribution >= 0.6 is 0 Å². The van der Waals surface area contributed by atoms with E-state index in [2.05, 4.69) is 64.5 Å². The number of pyridine rings is 1. The van der Waals surface area contributed by atoms with E-state index in [9.17, 15) is 14.7 Å². The van der Waals surface area contributed by atoms with Crippen molar-refractivity contribution in [3.8, 4) is 0 Å². The Bertz CT molecular complexity index is 1490. The zero-order valence-electron chi connectivity index (χ0n) is 25.8. The van der Waals surface area contributed by atoms with E-state index < -0.39 is 11.5 Å². The molecule has 5 rings (SSSR count). The number of aromatic nitrogens is 3. The molecule has 1 atom stereocenters. The lowest BCUT2D eigenvalue weighted by Gasteiger charge is -2.45. The number of hydrogen-bond acceptors (Lipinski definition) is 6. The molecule has 3 aromatic rings. The first-order valence-electron chi connectivity index (χ1n) is 14.9. The quantitative estimate of drug-likeness (QED) is 0.354. The van der Waals surface area contributed by atoms with E-state index in [1.165, 1.54) is 19.0 Å². The van der Waals surface area contributed by atoms with Gasteiger partial charge >= 0.3 is 5.97 Å². The van der Waals surface area contributed by atoms with Crippen LogP contribution in [0.25, 0.3) is 11.1 Å². The number of furan rings is 1. The third-order valence-electron chi connectivity index (χ3n) is 9.29. The highest BCUT2D eigenvalue weighted by Crippen LogP contribution is 2.44. The van der Waals surface area contributed by atoms with Crippen molar-refractivity contribution in [1.29, 1.82) is 0 Å². The lowest BCUT2D eigenvalue weighted by Crippen LogP contribution is -2.52. The fourth-order valence-electron chi connectivity index (χ4n) is 6.75. The molecule has 4 heterocycles. The molecular weight excluding hydrogens is 516 g/mol. The topological polar surface area (TPSA) is 109 Å². The molecule has 0 spiro atoms. The summed E-state index contributed by atoms with van der Waals surface area (Å²) in [7, 11) is 0. The van der Waals surface area contributed by atoms with Crippen LogP contribution in [-0.4, -0.2) is 48.9 Å². The molecular formula is C33H44N4O4. The van der Waals surface area contributed by atoms with Gasteiger partial charge < -0.3 is 14.4 Å². The number of hydrogen-bond donors (Lipinski definition) is 1. The zero-order valence-corrected chi connectivity index (χ0v) is 25.8. The molecule has 1 unspecified atom stereocenters. The maximum absolute atomic E-state index is 13.9. The van der Waals surface area contributed by atoms with Crippen molar-refractivity contribution in [2.24, 2.45) is 5.41 Å². The van der Waals surface area contributed by atoms with Gasteiger partial charge in [0, 0.05) is 41.2 Å². The largest absolute Gasteiger partial charge is 0.476 e. The number of carboxylic acid groups (broad SMARTS) is 1. The van der Waals surface area contributed by atoms with Crippen LogP contribution in [-0.2, 0) is 5.41 Å². The summed E-state index contributed by atoms with van der Waals surface area (Å²) in [6.07, 6.45) is 7.37. The minimum atomic E-state index is -1.09. The van der Waals surface area contributed by atoms with Gasteiger partial charge in [-0.2, -0.15) is 0 Å². The average molecular weight is 561 g/mol. The molecule has 0 bridgehead atoms. The van der Waals surface area contributed by atoms with Gasteiger partial charge in [0.2, 0.25) is 0 Å². The molecule has 0 radical (unpaired) electrons. The Morgan fingerprint density at radius 2 is 1.71 bits per heavy atom. The van der Waals surface area contributed by atoms with Crippen molar-refractivity contribution in [1.82, 2.24) is 19.9 Å². The standard InChI is InChI=1S/C33H44N4O4/c1-19-27(34-18-25(35-19)30(39)40)21-11-14-37(33(7,8)17-21)29(38)26-16-24-28(41-26)22(31(2,3)4)15-23(36-24)20-9-12-32(5,6)13-10-20/h15-16,18,20-21H,9-14,17H2,1-8H3,(H,39,40). The normalized spacial score (nSPS) is 21.3. The van der Waals surface area contributed by atoms with Gasteiger partial charge in [-0.05, 0) is 76.2 Å². The molecule has 3 aromatic heterocycles. The molecule has 2 aliphatic rings. The first-order chi connectivity index (χ1) is 19.1. The number of nitrogens with zero attached hydrogens (tertiary/aromatic N) is 4. The Morgan fingerprint density at radius 1 is 1.02 bits per heavy atom. The second kappa shape index (κ2) is 10.2. The number of rotatable bonds is 4. The molecule has 0 aromatic carbocycles. The number of aromatic carboxylic acids is 1. The fraction of sp³-hybridized carbons (Fsp3) is 0.606. The third kappa shape index (κ3) is 5.75. The van der Waals surface area contributed by atoms with Crippen LogP contribution < -0.4 is 0 Å². The Hall–Kier alpha value is -3.29. The van der Waals surface area contributed by atoms with Gasteiger partial charge in [-0.1, -0.05) is 34.6 Å². The van der Waals surface area contributed by atoms with Crippen LogP contribution in [0.1, 0.15) is 143 Å². The van der Waals surface area contributed by atoms with Gasteiger partial charge in [0.25, 0.3) is 5.91 Å². The summed E-state index contributed by atoms with van der Waals surface area (Å²) in [5.41, 5.74) is 4.82. The number of carboxylic acids is 1. The number of piperidine rings is 1. The van der Waals surface area contributed by atoms with Crippen LogP contribution in [0, 0.1) is 12.3 Å². The van der Waals surface area contributed by atoms with Gasteiger partial charge in [0.05, 0.1) is 17.6 Å². The lowest BCUT2D eigenvalue weighted by molar-refractivity contribution is 0.0362. The number of fused-ring (bicyclic) bond motifs is 1. The average Bonchev–Trinajstić information content (AvgIpc) is 3.30. The van der Waals surface area contributed by atoms with Crippen molar-refractivity contribution < 1.29 is 19.1 Å². The number of carbonyl (C=O) groups excluding carboxylic acids is 1. The summed E-state index contributed by atoms with van der Waals surface area (Å²) in [6.45, 7) is 17.7. The van der Waals surface area contributed by atoms with Crippen LogP contribution in [0.2, 0.25) is 0 Å². The number of likely N-dealkylation sites (tertiary alicyclic amines) is 1. The summed E-state index contributed by atoms with van der Waals surface area (Å²) in [5, 5.41) is 9.25. The number of carbonyl (C=O) groups is 2. The van der Waals surface area contributed by atoms with Crippen molar-refractivity contribution in [2.45, 2.75) is 117 Å². The van der Waals surface area contributed by atoms with Crippen LogP contribution in [0.5, 0.6) is 0 Å². The summed E-state index contributed by atoms with van der Waals surface area (Å²) in [6, 6.07) is 4.06. The smallest absolute Gasteiger partial charge is 0.356 e. The number of aryl methyl sites for hydroxylation is 1.